The smallest absolute Gasteiger partial charge is 0.228 e. The average Bonchev–Trinajstić information content (AvgIpc) is 3.08. The summed E-state index contributed by atoms with van der Waals surface area (Å²) in [4.78, 5) is 43.0. The fourth-order valence-electron chi connectivity index (χ4n) is 5.21. The van der Waals surface area contributed by atoms with Crippen molar-refractivity contribution in [3.63, 3.8) is 0 Å². The van der Waals surface area contributed by atoms with Gasteiger partial charge in [-0.15, -0.1) is 0 Å². The van der Waals surface area contributed by atoms with Gasteiger partial charge in [0.05, 0.1) is 11.5 Å². The van der Waals surface area contributed by atoms with Crippen molar-refractivity contribution in [1.29, 1.82) is 0 Å². The Bertz CT molecular complexity index is 566. The SMILES string of the molecule is CCN1C(=O)[C@@H]2CN(C(C)=O)C[C@@H]2C12CCN(C(=O)CC(C)C)CC2. The number of carbonyl (C=O) groups is 3. The van der Waals surface area contributed by atoms with Crippen molar-refractivity contribution in [2.75, 3.05) is 32.7 Å². The molecule has 3 fully saturated rings. The quantitative estimate of drug-likeness (QED) is 0.773. The first-order chi connectivity index (χ1) is 11.8. The molecular formula is C19H31N3O3. The summed E-state index contributed by atoms with van der Waals surface area (Å²) in [7, 11) is 0. The van der Waals surface area contributed by atoms with E-state index in [0.29, 0.717) is 32.0 Å². The highest BCUT2D eigenvalue weighted by Gasteiger charge is 2.61. The Morgan fingerprint density at radius 3 is 2.32 bits per heavy atom. The van der Waals surface area contributed by atoms with Crippen LogP contribution >= 0.6 is 0 Å². The van der Waals surface area contributed by atoms with Crippen molar-refractivity contribution in [1.82, 2.24) is 14.7 Å². The van der Waals surface area contributed by atoms with Crippen molar-refractivity contribution < 1.29 is 14.4 Å². The van der Waals surface area contributed by atoms with Gasteiger partial charge >= 0.3 is 0 Å². The van der Waals surface area contributed by atoms with Crippen LogP contribution < -0.4 is 0 Å². The number of hydrogen-bond donors (Lipinski definition) is 0. The van der Waals surface area contributed by atoms with Crippen LogP contribution in [0, 0.1) is 17.8 Å². The number of piperidine rings is 1. The number of amides is 3. The number of nitrogens with zero attached hydrogens (tertiary/aromatic N) is 3. The van der Waals surface area contributed by atoms with Gasteiger partial charge in [0.2, 0.25) is 17.7 Å². The Kier molecular flexibility index (Phi) is 4.82. The van der Waals surface area contributed by atoms with Crippen LogP contribution in [-0.4, -0.2) is 70.7 Å². The number of hydrogen-bond acceptors (Lipinski definition) is 3. The third-order valence-corrected chi connectivity index (χ3v) is 6.46. The minimum absolute atomic E-state index is 0.0539. The zero-order valence-corrected chi connectivity index (χ0v) is 16.0. The van der Waals surface area contributed by atoms with Crippen LogP contribution in [0.1, 0.15) is 47.0 Å². The minimum atomic E-state index is -0.171. The molecule has 140 valence electrons. The first kappa shape index (κ1) is 18.2. The molecule has 3 saturated heterocycles. The zero-order chi connectivity index (χ0) is 18.4. The second-order valence-electron chi connectivity index (χ2n) is 8.30. The Balaban J connectivity index is 1.77. The standard InChI is InChI=1S/C19H31N3O3/c1-5-22-18(25)15-11-21(14(4)23)12-16(15)19(22)6-8-20(9-7-19)17(24)10-13(2)3/h13,15-16H,5-12H2,1-4H3/t15-,16+/m1/s1. The van der Waals surface area contributed by atoms with Crippen molar-refractivity contribution in [2.24, 2.45) is 17.8 Å². The highest BCUT2D eigenvalue weighted by Crippen LogP contribution is 2.49. The van der Waals surface area contributed by atoms with Gasteiger partial charge in [-0.25, -0.2) is 0 Å². The highest BCUT2D eigenvalue weighted by atomic mass is 16.2. The number of fused-ring (bicyclic) bond motifs is 2. The molecule has 0 aromatic rings. The van der Waals surface area contributed by atoms with Gasteiger partial charge in [0, 0.05) is 52.0 Å². The summed E-state index contributed by atoms with van der Waals surface area (Å²) in [6.45, 7) is 11.2. The van der Waals surface area contributed by atoms with Crippen molar-refractivity contribution >= 4 is 17.7 Å². The van der Waals surface area contributed by atoms with Gasteiger partial charge in [-0.3, -0.25) is 14.4 Å². The van der Waals surface area contributed by atoms with Gasteiger partial charge in [-0.05, 0) is 25.7 Å². The van der Waals surface area contributed by atoms with Gasteiger partial charge in [0.15, 0.2) is 0 Å². The van der Waals surface area contributed by atoms with E-state index in [1.807, 2.05) is 16.7 Å². The van der Waals surface area contributed by atoms with E-state index in [-0.39, 0.29) is 35.1 Å². The molecule has 0 saturated carbocycles. The van der Waals surface area contributed by atoms with E-state index in [0.717, 1.165) is 25.9 Å². The second kappa shape index (κ2) is 6.61. The molecule has 2 atom stereocenters. The summed E-state index contributed by atoms with van der Waals surface area (Å²) < 4.78 is 0. The molecule has 0 bridgehead atoms. The van der Waals surface area contributed by atoms with Crippen molar-refractivity contribution in [3.05, 3.63) is 0 Å². The van der Waals surface area contributed by atoms with Crippen LogP contribution in [0.25, 0.3) is 0 Å². The molecule has 6 heteroatoms. The topological polar surface area (TPSA) is 60.9 Å². The first-order valence-electron chi connectivity index (χ1n) is 9.65. The maximum absolute atomic E-state index is 12.9. The van der Waals surface area contributed by atoms with Crippen molar-refractivity contribution in [2.45, 2.75) is 52.5 Å². The number of rotatable bonds is 3. The Hall–Kier alpha value is -1.59. The van der Waals surface area contributed by atoms with Gasteiger partial charge in [0.1, 0.15) is 0 Å². The van der Waals surface area contributed by atoms with Gasteiger partial charge in [-0.2, -0.15) is 0 Å². The van der Waals surface area contributed by atoms with E-state index < -0.39 is 0 Å². The molecule has 0 unspecified atom stereocenters. The molecule has 0 aromatic carbocycles. The van der Waals surface area contributed by atoms with E-state index in [1.165, 1.54) is 0 Å². The van der Waals surface area contributed by atoms with E-state index >= 15 is 0 Å². The molecule has 0 N–H and O–H groups in total. The Morgan fingerprint density at radius 2 is 1.80 bits per heavy atom. The summed E-state index contributed by atoms with van der Waals surface area (Å²) in [5.41, 5.74) is -0.171. The third kappa shape index (κ3) is 2.93. The van der Waals surface area contributed by atoms with E-state index in [1.54, 1.807) is 6.92 Å². The molecular weight excluding hydrogens is 318 g/mol. The number of likely N-dealkylation sites (tertiary alicyclic amines) is 3. The van der Waals surface area contributed by atoms with Crippen LogP contribution in [0.15, 0.2) is 0 Å². The number of carbonyl (C=O) groups excluding carboxylic acids is 3. The molecule has 3 aliphatic heterocycles. The highest BCUT2D eigenvalue weighted by molar-refractivity contribution is 5.85. The predicted molar refractivity (Wildman–Crippen MR) is 94.6 cm³/mol. The lowest BCUT2D eigenvalue weighted by Gasteiger charge is -2.47. The first-order valence-corrected chi connectivity index (χ1v) is 9.65. The molecule has 3 heterocycles. The lowest BCUT2D eigenvalue weighted by atomic mass is 9.74. The molecule has 3 aliphatic rings. The van der Waals surface area contributed by atoms with Crippen LogP contribution in [0.3, 0.4) is 0 Å². The summed E-state index contributed by atoms with van der Waals surface area (Å²) in [6.07, 6.45) is 2.26. The van der Waals surface area contributed by atoms with Crippen LogP contribution in [-0.2, 0) is 14.4 Å². The van der Waals surface area contributed by atoms with E-state index in [2.05, 4.69) is 18.7 Å². The fraction of sp³-hybridized carbons (Fsp3) is 0.842. The molecule has 1 spiro atoms. The van der Waals surface area contributed by atoms with Crippen LogP contribution in [0.2, 0.25) is 0 Å². The lowest BCUT2D eigenvalue weighted by molar-refractivity contribution is -0.139. The van der Waals surface area contributed by atoms with E-state index in [4.69, 9.17) is 0 Å². The summed E-state index contributed by atoms with van der Waals surface area (Å²) in [5, 5.41) is 0. The third-order valence-electron chi connectivity index (χ3n) is 6.46. The van der Waals surface area contributed by atoms with Gasteiger partial charge < -0.3 is 14.7 Å². The van der Waals surface area contributed by atoms with Crippen LogP contribution in [0.4, 0.5) is 0 Å². The maximum Gasteiger partial charge on any atom is 0.228 e. The summed E-state index contributed by atoms with van der Waals surface area (Å²) >= 11 is 0. The molecule has 0 aliphatic carbocycles. The Labute approximate surface area is 150 Å². The van der Waals surface area contributed by atoms with Crippen molar-refractivity contribution in [3.8, 4) is 0 Å². The van der Waals surface area contributed by atoms with E-state index in [9.17, 15) is 14.4 Å². The predicted octanol–water partition coefficient (Wildman–Crippen LogP) is 1.35. The summed E-state index contributed by atoms with van der Waals surface area (Å²) in [5.74, 6) is 1.02. The molecule has 0 aromatic heterocycles. The second-order valence-corrected chi connectivity index (χ2v) is 8.30. The molecule has 3 rings (SSSR count). The average molecular weight is 349 g/mol. The molecule has 0 radical (unpaired) electrons. The van der Waals surface area contributed by atoms with Crippen LogP contribution in [0.5, 0.6) is 0 Å². The molecule has 3 amide bonds. The molecule has 25 heavy (non-hydrogen) atoms. The normalized spacial score (nSPS) is 28.2. The Morgan fingerprint density at radius 1 is 1.16 bits per heavy atom. The monoisotopic (exact) mass is 349 g/mol. The maximum atomic E-state index is 12.9. The lowest BCUT2D eigenvalue weighted by Crippen LogP contribution is -2.58. The van der Waals surface area contributed by atoms with Gasteiger partial charge in [-0.1, -0.05) is 13.8 Å². The minimum Gasteiger partial charge on any atom is -0.343 e. The zero-order valence-electron chi connectivity index (χ0n) is 16.0. The fourth-order valence-corrected chi connectivity index (χ4v) is 5.21. The largest absolute Gasteiger partial charge is 0.343 e. The summed E-state index contributed by atoms with van der Waals surface area (Å²) in [6, 6.07) is 0. The molecule has 6 nitrogen and oxygen atoms in total. The van der Waals surface area contributed by atoms with Gasteiger partial charge in [0.25, 0.3) is 0 Å².